The van der Waals surface area contributed by atoms with Crippen LogP contribution in [0.3, 0.4) is 0 Å². The number of allylic oxidation sites excluding steroid dienone is 5. The van der Waals surface area contributed by atoms with Gasteiger partial charge in [-0.2, -0.15) is 0 Å². The van der Waals surface area contributed by atoms with Crippen molar-refractivity contribution in [2.24, 2.45) is 0 Å². The molecule has 98 valence electrons. The van der Waals surface area contributed by atoms with Crippen LogP contribution in [0.4, 0.5) is 0 Å². The summed E-state index contributed by atoms with van der Waals surface area (Å²) in [6.45, 7) is 12.9. The zero-order valence-electron chi connectivity index (χ0n) is 12.3. The van der Waals surface area contributed by atoms with Crippen LogP contribution in [0.1, 0.15) is 72.6 Å². The van der Waals surface area contributed by atoms with E-state index in [1.165, 1.54) is 25.7 Å². The number of rotatable bonds is 9. The molecule has 0 nitrogen and oxygen atoms in total. The van der Waals surface area contributed by atoms with E-state index in [1.807, 2.05) is 6.08 Å². The third-order valence-electron chi connectivity index (χ3n) is 3.18. The second kappa shape index (κ2) is 10.4. The number of unbranched alkanes of at least 4 members (excludes halogenated alkanes) is 1. The van der Waals surface area contributed by atoms with E-state index >= 15 is 0 Å². The van der Waals surface area contributed by atoms with Crippen LogP contribution >= 0.6 is 0 Å². The van der Waals surface area contributed by atoms with Gasteiger partial charge in [-0.3, -0.25) is 0 Å². The summed E-state index contributed by atoms with van der Waals surface area (Å²) in [5, 5.41) is 0. The first-order chi connectivity index (χ1) is 8.24. The Balaban J connectivity index is 5.16. The van der Waals surface area contributed by atoms with Crippen LogP contribution in [0.5, 0.6) is 0 Å². The van der Waals surface area contributed by atoms with Crippen molar-refractivity contribution in [3.63, 3.8) is 0 Å². The van der Waals surface area contributed by atoms with E-state index in [9.17, 15) is 0 Å². The molecule has 0 aromatic heterocycles. The molecule has 0 aromatic carbocycles. The van der Waals surface area contributed by atoms with Crippen molar-refractivity contribution in [3.8, 4) is 0 Å². The maximum absolute atomic E-state index is 3.88. The fraction of sp³-hybridized carbons (Fsp3) is 0.647. The summed E-state index contributed by atoms with van der Waals surface area (Å²) >= 11 is 0. The second-order valence-corrected chi connectivity index (χ2v) is 4.55. The van der Waals surface area contributed by atoms with E-state index in [0.717, 1.165) is 19.3 Å². The van der Waals surface area contributed by atoms with Crippen LogP contribution in [0.2, 0.25) is 0 Å². The predicted molar refractivity (Wildman–Crippen MR) is 80.3 cm³/mol. The predicted octanol–water partition coefficient (Wildman–Crippen LogP) is 6.21. The highest BCUT2D eigenvalue weighted by Gasteiger charge is 2.07. The van der Waals surface area contributed by atoms with Gasteiger partial charge in [-0.05, 0) is 43.3 Å². The molecule has 17 heavy (non-hydrogen) atoms. The quantitative estimate of drug-likeness (QED) is 0.329. The Hall–Kier alpha value is -0.780. The molecule has 0 heteroatoms. The summed E-state index contributed by atoms with van der Waals surface area (Å²) in [6, 6.07) is 0. The van der Waals surface area contributed by atoms with Gasteiger partial charge in [-0.15, -0.1) is 6.58 Å². The first-order valence-electron chi connectivity index (χ1n) is 7.26. The van der Waals surface area contributed by atoms with Gasteiger partial charge in [-0.25, -0.2) is 0 Å². The summed E-state index contributed by atoms with van der Waals surface area (Å²) < 4.78 is 0. The Kier molecular flexibility index (Phi) is 9.90. The van der Waals surface area contributed by atoms with Crippen molar-refractivity contribution in [1.29, 1.82) is 0 Å². The van der Waals surface area contributed by atoms with Crippen molar-refractivity contribution >= 4 is 0 Å². The highest BCUT2D eigenvalue weighted by atomic mass is 14.1. The molecular formula is C17H30. The van der Waals surface area contributed by atoms with E-state index in [-0.39, 0.29) is 0 Å². The van der Waals surface area contributed by atoms with Gasteiger partial charge < -0.3 is 0 Å². The lowest BCUT2D eigenvalue weighted by Gasteiger charge is -2.15. The molecule has 0 unspecified atom stereocenters. The zero-order chi connectivity index (χ0) is 13.1. The fourth-order valence-electron chi connectivity index (χ4n) is 2.32. The molecule has 0 atom stereocenters. The maximum atomic E-state index is 3.88. The largest absolute Gasteiger partial charge is 0.103 e. The van der Waals surface area contributed by atoms with Crippen LogP contribution < -0.4 is 0 Å². The first-order valence-corrected chi connectivity index (χ1v) is 7.26. The minimum absolute atomic E-state index is 1.05. The summed E-state index contributed by atoms with van der Waals surface area (Å²) in [6.07, 6.45) is 12.8. The van der Waals surface area contributed by atoms with Gasteiger partial charge in [0.25, 0.3) is 0 Å². The SMILES string of the molecule is C=CC/C(CC)=C(CC)\C(=C\CCC)CCC. The standard InChI is InChI=1S/C17H30/c1-6-11-14-16(13-8-3)17(10-5)15(9-4)12-7-2/h7,14H,2,6,8-13H2,1,3-5H3/b16-14+,17-15-. The Morgan fingerprint density at radius 2 is 1.71 bits per heavy atom. The lowest BCUT2D eigenvalue weighted by Crippen LogP contribution is -1.96. The molecule has 0 rings (SSSR count). The van der Waals surface area contributed by atoms with Gasteiger partial charge in [0, 0.05) is 0 Å². The Morgan fingerprint density at radius 3 is 2.12 bits per heavy atom. The Bertz CT molecular complexity index is 266. The topological polar surface area (TPSA) is 0 Å². The molecule has 0 amide bonds. The van der Waals surface area contributed by atoms with Gasteiger partial charge in [0.2, 0.25) is 0 Å². The summed E-state index contributed by atoms with van der Waals surface area (Å²) in [7, 11) is 0. The molecule has 0 aliphatic carbocycles. The van der Waals surface area contributed by atoms with Crippen molar-refractivity contribution < 1.29 is 0 Å². The van der Waals surface area contributed by atoms with Crippen molar-refractivity contribution in [2.75, 3.05) is 0 Å². The molecule has 0 aliphatic heterocycles. The Labute approximate surface area is 109 Å². The van der Waals surface area contributed by atoms with Gasteiger partial charge in [0.05, 0.1) is 0 Å². The molecular weight excluding hydrogens is 204 g/mol. The lowest BCUT2D eigenvalue weighted by molar-refractivity contribution is 0.847. The number of hydrogen-bond acceptors (Lipinski definition) is 0. The van der Waals surface area contributed by atoms with Crippen molar-refractivity contribution in [1.82, 2.24) is 0 Å². The maximum Gasteiger partial charge on any atom is -0.0136 e. The smallest absolute Gasteiger partial charge is 0.0136 e. The average molecular weight is 234 g/mol. The van der Waals surface area contributed by atoms with Gasteiger partial charge >= 0.3 is 0 Å². The molecule has 0 spiro atoms. The highest BCUT2D eigenvalue weighted by molar-refractivity contribution is 5.36. The minimum atomic E-state index is 1.05. The third-order valence-corrected chi connectivity index (χ3v) is 3.18. The zero-order valence-corrected chi connectivity index (χ0v) is 12.3. The highest BCUT2D eigenvalue weighted by Crippen LogP contribution is 2.27. The van der Waals surface area contributed by atoms with Crippen LogP contribution in [0.15, 0.2) is 35.5 Å². The first kappa shape index (κ1) is 16.2. The van der Waals surface area contributed by atoms with Crippen LogP contribution in [0.25, 0.3) is 0 Å². The molecule has 0 N–H and O–H groups in total. The minimum Gasteiger partial charge on any atom is -0.103 e. The summed E-state index contributed by atoms with van der Waals surface area (Å²) in [5.74, 6) is 0. The monoisotopic (exact) mass is 234 g/mol. The summed E-state index contributed by atoms with van der Waals surface area (Å²) in [5.41, 5.74) is 4.77. The molecule has 0 aromatic rings. The molecule has 0 saturated heterocycles. The van der Waals surface area contributed by atoms with Crippen molar-refractivity contribution in [2.45, 2.75) is 72.6 Å². The average Bonchev–Trinajstić information content (AvgIpc) is 2.35. The fourth-order valence-corrected chi connectivity index (χ4v) is 2.32. The van der Waals surface area contributed by atoms with Gasteiger partial charge in [0.1, 0.15) is 0 Å². The molecule has 0 aliphatic rings. The van der Waals surface area contributed by atoms with Crippen LogP contribution in [0, 0.1) is 0 Å². The second-order valence-electron chi connectivity index (χ2n) is 4.55. The van der Waals surface area contributed by atoms with Crippen LogP contribution in [-0.2, 0) is 0 Å². The van der Waals surface area contributed by atoms with E-state index in [2.05, 4.69) is 40.3 Å². The molecule has 0 fully saturated rings. The van der Waals surface area contributed by atoms with E-state index in [0.29, 0.717) is 0 Å². The third kappa shape index (κ3) is 5.91. The van der Waals surface area contributed by atoms with Gasteiger partial charge in [-0.1, -0.05) is 58.3 Å². The normalized spacial score (nSPS) is 13.5. The van der Waals surface area contributed by atoms with Crippen molar-refractivity contribution in [3.05, 3.63) is 35.5 Å². The molecule has 0 radical (unpaired) electrons. The molecule has 0 bridgehead atoms. The van der Waals surface area contributed by atoms with E-state index < -0.39 is 0 Å². The molecule has 0 saturated carbocycles. The Morgan fingerprint density at radius 1 is 1.00 bits per heavy atom. The molecule has 0 heterocycles. The van der Waals surface area contributed by atoms with Crippen LogP contribution in [-0.4, -0.2) is 0 Å². The summed E-state index contributed by atoms with van der Waals surface area (Å²) in [4.78, 5) is 0. The van der Waals surface area contributed by atoms with E-state index in [1.54, 1.807) is 16.7 Å². The van der Waals surface area contributed by atoms with E-state index in [4.69, 9.17) is 0 Å². The number of hydrogen-bond donors (Lipinski definition) is 0. The van der Waals surface area contributed by atoms with Gasteiger partial charge in [0.15, 0.2) is 0 Å². The lowest BCUT2D eigenvalue weighted by atomic mass is 9.90.